The molecular formula is C22H22F3N3. The molecule has 2 heterocycles. The second kappa shape index (κ2) is 7.19. The predicted octanol–water partition coefficient (Wildman–Crippen LogP) is 5.17. The molecule has 0 amide bonds. The van der Waals surface area contributed by atoms with Crippen molar-refractivity contribution in [2.24, 2.45) is 4.99 Å². The van der Waals surface area contributed by atoms with Crippen molar-refractivity contribution >= 4 is 5.84 Å². The highest BCUT2D eigenvalue weighted by Gasteiger charge is 2.30. The van der Waals surface area contributed by atoms with Crippen LogP contribution in [0.3, 0.4) is 0 Å². The number of halogens is 3. The van der Waals surface area contributed by atoms with Crippen LogP contribution in [0.25, 0.3) is 0 Å². The second-order valence-corrected chi connectivity index (χ2v) is 6.87. The fourth-order valence-electron chi connectivity index (χ4n) is 3.29. The molecule has 146 valence electrons. The molecule has 0 saturated carbocycles. The third-order valence-corrected chi connectivity index (χ3v) is 4.70. The highest BCUT2D eigenvalue weighted by atomic mass is 19.3. The zero-order valence-corrected chi connectivity index (χ0v) is 16.1. The molecule has 0 unspecified atom stereocenters. The van der Waals surface area contributed by atoms with Crippen molar-refractivity contribution in [3.05, 3.63) is 94.9 Å². The number of hydrogen-bond donors (Lipinski definition) is 1. The van der Waals surface area contributed by atoms with Crippen LogP contribution in [0.1, 0.15) is 25.0 Å². The lowest BCUT2D eigenvalue weighted by atomic mass is 10.00. The maximum Gasteiger partial charge on any atom is 0.273 e. The Kier molecular flexibility index (Phi) is 5.06. The highest BCUT2D eigenvalue weighted by Crippen LogP contribution is 2.34. The van der Waals surface area contributed by atoms with Crippen LogP contribution in [-0.2, 0) is 12.3 Å². The SMILES string of the molecule is C=C(NC)C1=C(C)C=CC2=NC(Cc3cccc(C(C)(F)F)c3F)=CC(=C)N21. The molecule has 1 aromatic rings. The van der Waals surface area contributed by atoms with Crippen LogP contribution < -0.4 is 5.32 Å². The molecule has 2 aliphatic heterocycles. The van der Waals surface area contributed by atoms with Crippen molar-refractivity contribution in [2.45, 2.75) is 26.2 Å². The van der Waals surface area contributed by atoms with E-state index in [0.717, 1.165) is 23.0 Å². The van der Waals surface area contributed by atoms with Crippen molar-refractivity contribution < 1.29 is 13.2 Å². The summed E-state index contributed by atoms with van der Waals surface area (Å²) < 4.78 is 41.8. The van der Waals surface area contributed by atoms with E-state index in [1.54, 1.807) is 13.1 Å². The number of benzene rings is 1. The van der Waals surface area contributed by atoms with Crippen molar-refractivity contribution in [1.29, 1.82) is 0 Å². The van der Waals surface area contributed by atoms with Gasteiger partial charge in [-0.05, 0) is 30.2 Å². The second-order valence-electron chi connectivity index (χ2n) is 6.87. The van der Waals surface area contributed by atoms with E-state index < -0.39 is 17.3 Å². The van der Waals surface area contributed by atoms with Crippen molar-refractivity contribution in [3.63, 3.8) is 0 Å². The molecule has 28 heavy (non-hydrogen) atoms. The van der Waals surface area contributed by atoms with E-state index in [-0.39, 0.29) is 12.0 Å². The lowest BCUT2D eigenvalue weighted by Crippen LogP contribution is -2.35. The van der Waals surface area contributed by atoms with Crippen LogP contribution in [0.15, 0.2) is 82.9 Å². The summed E-state index contributed by atoms with van der Waals surface area (Å²) in [6, 6.07) is 4.04. The molecule has 0 radical (unpaired) electrons. The van der Waals surface area contributed by atoms with Gasteiger partial charge in [0.15, 0.2) is 0 Å². The first-order valence-corrected chi connectivity index (χ1v) is 8.83. The first-order chi connectivity index (χ1) is 13.1. The molecule has 0 spiro atoms. The maximum absolute atomic E-state index is 14.6. The summed E-state index contributed by atoms with van der Waals surface area (Å²) in [5.74, 6) is -3.52. The number of allylic oxidation sites excluding steroid dienone is 4. The van der Waals surface area contributed by atoms with Gasteiger partial charge in [-0.2, -0.15) is 0 Å². The van der Waals surface area contributed by atoms with Crippen LogP contribution in [0.2, 0.25) is 0 Å². The Morgan fingerprint density at radius 2 is 2.00 bits per heavy atom. The van der Waals surface area contributed by atoms with Crippen molar-refractivity contribution in [1.82, 2.24) is 10.2 Å². The standard InChI is InChI=1S/C22H22F3N3/c1-13-9-10-19-27-17(11-14(2)28(19)21(13)15(3)26-5)12-16-7-6-8-18(20(16)23)22(4,24)25/h6-11,26H,2-3,12H2,1,4-5H3. The molecule has 0 saturated heterocycles. The smallest absolute Gasteiger partial charge is 0.273 e. The Morgan fingerprint density at radius 3 is 2.64 bits per heavy atom. The topological polar surface area (TPSA) is 27.6 Å². The quantitative estimate of drug-likeness (QED) is 0.757. The monoisotopic (exact) mass is 385 g/mol. The molecule has 1 N–H and O–H groups in total. The number of alkyl halides is 2. The normalized spacial score (nSPS) is 16.6. The summed E-state index contributed by atoms with van der Waals surface area (Å²) in [6.07, 6.45) is 5.58. The number of nitrogens with zero attached hydrogens (tertiary/aromatic N) is 2. The first-order valence-electron chi connectivity index (χ1n) is 8.83. The van der Waals surface area contributed by atoms with Gasteiger partial charge in [-0.1, -0.05) is 37.4 Å². The number of aliphatic imine (C=N–C) groups is 1. The molecule has 6 heteroatoms. The zero-order chi connectivity index (χ0) is 20.6. The van der Waals surface area contributed by atoms with Crippen LogP contribution in [0.5, 0.6) is 0 Å². The van der Waals surface area contributed by atoms with Crippen LogP contribution in [0, 0.1) is 5.82 Å². The first kappa shape index (κ1) is 19.7. The van der Waals surface area contributed by atoms with E-state index in [1.807, 2.05) is 24.0 Å². The summed E-state index contributed by atoms with van der Waals surface area (Å²) in [7, 11) is 1.78. The summed E-state index contributed by atoms with van der Waals surface area (Å²) in [6.45, 7) is 10.8. The molecule has 2 aliphatic rings. The largest absolute Gasteiger partial charge is 0.387 e. The van der Waals surface area contributed by atoms with E-state index in [0.29, 0.717) is 24.2 Å². The average molecular weight is 385 g/mol. The molecule has 0 bridgehead atoms. The molecule has 0 aromatic heterocycles. The summed E-state index contributed by atoms with van der Waals surface area (Å²) in [5, 5.41) is 3.03. The van der Waals surface area contributed by atoms with Gasteiger partial charge in [0.25, 0.3) is 5.92 Å². The van der Waals surface area contributed by atoms with Gasteiger partial charge in [0.1, 0.15) is 11.7 Å². The van der Waals surface area contributed by atoms with Gasteiger partial charge in [0, 0.05) is 31.8 Å². The number of amidine groups is 1. The maximum atomic E-state index is 14.6. The Morgan fingerprint density at radius 1 is 1.29 bits per heavy atom. The van der Waals surface area contributed by atoms with E-state index >= 15 is 0 Å². The number of rotatable bonds is 5. The van der Waals surface area contributed by atoms with Gasteiger partial charge in [-0.25, -0.2) is 18.2 Å². The van der Waals surface area contributed by atoms with Crippen LogP contribution in [-0.4, -0.2) is 17.8 Å². The summed E-state index contributed by atoms with van der Waals surface area (Å²) in [4.78, 5) is 6.45. The molecule has 1 aromatic carbocycles. The number of likely N-dealkylation sites (N-methyl/N-ethyl adjacent to an activating group) is 1. The van der Waals surface area contributed by atoms with Crippen molar-refractivity contribution in [2.75, 3.05) is 7.05 Å². The Bertz CT molecular complexity index is 975. The molecule has 0 aliphatic carbocycles. The van der Waals surface area contributed by atoms with Gasteiger partial charge < -0.3 is 5.32 Å². The van der Waals surface area contributed by atoms with Gasteiger partial charge >= 0.3 is 0 Å². The Labute approximate surface area is 163 Å². The minimum Gasteiger partial charge on any atom is -0.387 e. The molecule has 3 rings (SSSR count). The summed E-state index contributed by atoms with van der Waals surface area (Å²) in [5.41, 5.74) is 3.32. The van der Waals surface area contributed by atoms with E-state index in [9.17, 15) is 13.2 Å². The molecule has 0 atom stereocenters. The zero-order valence-electron chi connectivity index (χ0n) is 16.1. The molecule has 3 nitrogen and oxygen atoms in total. The van der Waals surface area contributed by atoms with Crippen LogP contribution >= 0.6 is 0 Å². The van der Waals surface area contributed by atoms with Crippen molar-refractivity contribution in [3.8, 4) is 0 Å². The van der Waals surface area contributed by atoms with Gasteiger partial charge in [0.05, 0.1) is 17.0 Å². The number of fused-ring (bicyclic) bond motifs is 1. The van der Waals surface area contributed by atoms with Gasteiger partial charge in [-0.3, -0.25) is 4.90 Å². The third-order valence-electron chi connectivity index (χ3n) is 4.70. The molecular weight excluding hydrogens is 363 g/mol. The number of hydrogen-bond acceptors (Lipinski definition) is 3. The minimum absolute atomic E-state index is 0.0883. The Hall–Kier alpha value is -3.02. The van der Waals surface area contributed by atoms with E-state index in [4.69, 9.17) is 0 Å². The van der Waals surface area contributed by atoms with Gasteiger partial charge in [0.2, 0.25) is 0 Å². The average Bonchev–Trinajstić information content (AvgIpc) is 2.62. The minimum atomic E-state index is -3.25. The van der Waals surface area contributed by atoms with Gasteiger partial charge in [-0.15, -0.1) is 0 Å². The van der Waals surface area contributed by atoms with E-state index in [1.165, 1.54) is 12.1 Å². The molecule has 0 fully saturated rings. The fraction of sp³-hybridized carbons (Fsp3) is 0.227. The van der Waals surface area contributed by atoms with E-state index in [2.05, 4.69) is 23.5 Å². The predicted molar refractivity (Wildman–Crippen MR) is 106 cm³/mol. The lowest BCUT2D eigenvalue weighted by Gasteiger charge is -2.35. The lowest BCUT2D eigenvalue weighted by molar-refractivity contribution is 0.0136. The highest BCUT2D eigenvalue weighted by molar-refractivity contribution is 5.99. The Balaban J connectivity index is 1.94. The van der Waals surface area contributed by atoms with Crippen LogP contribution in [0.4, 0.5) is 13.2 Å². The third kappa shape index (κ3) is 3.54. The summed E-state index contributed by atoms with van der Waals surface area (Å²) >= 11 is 0. The number of nitrogens with one attached hydrogen (secondary N) is 1. The fourth-order valence-corrected chi connectivity index (χ4v) is 3.29.